The molecule has 0 fully saturated rings. The minimum atomic E-state index is -1.17. The van der Waals surface area contributed by atoms with E-state index in [0.29, 0.717) is 21.6 Å². The average molecular weight is 300 g/mol. The Morgan fingerprint density at radius 3 is 2.82 bits per heavy atom. The van der Waals surface area contributed by atoms with Crippen LogP contribution < -0.4 is 5.01 Å². The van der Waals surface area contributed by atoms with E-state index in [2.05, 4.69) is 15.2 Å². The van der Waals surface area contributed by atoms with Crippen LogP contribution in [0.25, 0.3) is 11.0 Å². The topological polar surface area (TPSA) is 92.0 Å². The summed E-state index contributed by atoms with van der Waals surface area (Å²) in [4.78, 5) is 6.97. The second kappa shape index (κ2) is 5.32. The number of halogens is 2. The number of rotatable bonds is 3. The van der Waals surface area contributed by atoms with E-state index in [0.717, 1.165) is 6.07 Å². The van der Waals surface area contributed by atoms with Gasteiger partial charge in [0.05, 0.1) is 0 Å². The molecule has 0 saturated carbocycles. The number of nitrogens with one attached hydrogen (secondary N) is 3. The number of amidine groups is 1. The average Bonchev–Trinajstić information content (AvgIpc) is 2.96. The van der Waals surface area contributed by atoms with Crippen LogP contribution in [0.2, 0.25) is 0 Å². The zero-order valence-corrected chi connectivity index (χ0v) is 11.1. The lowest BCUT2D eigenvalue weighted by atomic mass is 10.2. The number of hydrogen-bond donors (Lipinski definition) is 3. The van der Waals surface area contributed by atoms with Crippen LogP contribution in [0.3, 0.4) is 0 Å². The summed E-state index contributed by atoms with van der Waals surface area (Å²) >= 11 is 0. The number of H-pyrrole nitrogens is 1. The van der Waals surface area contributed by atoms with E-state index in [4.69, 9.17) is 10.9 Å². The van der Waals surface area contributed by atoms with Crippen molar-refractivity contribution in [3.63, 3.8) is 0 Å². The van der Waals surface area contributed by atoms with Gasteiger partial charge in [-0.05, 0) is 24.3 Å². The van der Waals surface area contributed by atoms with Crippen LogP contribution in [0.1, 0.15) is 5.56 Å². The highest BCUT2D eigenvalue weighted by atomic mass is 19.2. The summed E-state index contributed by atoms with van der Waals surface area (Å²) in [5.74, 6) is -2.50. The molecule has 1 aromatic carbocycles. The number of aromatic nitrogens is 2. The SMILES string of the molecule is N=NN(C(=N)c1c[nH]c2ncccc12)c1cccc(F)c1F. The van der Waals surface area contributed by atoms with Crippen molar-refractivity contribution >= 4 is 22.6 Å². The van der Waals surface area contributed by atoms with E-state index in [1.165, 1.54) is 18.3 Å². The van der Waals surface area contributed by atoms with Gasteiger partial charge >= 0.3 is 0 Å². The molecule has 2 aromatic heterocycles. The smallest absolute Gasteiger partial charge is 0.184 e. The summed E-state index contributed by atoms with van der Waals surface area (Å²) in [5.41, 5.74) is 7.82. The van der Waals surface area contributed by atoms with Gasteiger partial charge in [0.25, 0.3) is 0 Å². The molecule has 6 nitrogen and oxygen atoms in total. The molecule has 8 heteroatoms. The quantitative estimate of drug-likeness (QED) is 0.298. The van der Waals surface area contributed by atoms with E-state index < -0.39 is 11.6 Å². The second-order valence-corrected chi connectivity index (χ2v) is 4.44. The van der Waals surface area contributed by atoms with Crippen LogP contribution in [0.5, 0.6) is 0 Å². The van der Waals surface area contributed by atoms with Crippen LogP contribution in [0.15, 0.2) is 47.9 Å². The number of nitrogens with zero attached hydrogens (tertiary/aromatic N) is 3. The third-order valence-electron chi connectivity index (χ3n) is 3.18. The second-order valence-electron chi connectivity index (χ2n) is 4.44. The van der Waals surface area contributed by atoms with E-state index in [-0.39, 0.29) is 11.5 Å². The molecule has 0 atom stereocenters. The van der Waals surface area contributed by atoms with Gasteiger partial charge in [-0.3, -0.25) is 5.41 Å². The Kier molecular flexibility index (Phi) is 3.34. The molecule has 0 spiro atoms. The Morgan fingerprint density at radius 1 is 1.23 bits per heavy atom. The number of hydrogen-bond acceptors (Lipinski definition) is 4. The first kappa shape index (κ1) is 13.8. The molecule has 2 heterocycles. The van der Waals surface area contributed by atoms with Crippen molar-refractivity contribution in [2.75, 3.05) is 5.01 Å². The van der Waals surface area contributed by atoms with Crippen molar-refractivity contribution in [1.29, 1.82) is 10.9 Å². The molecule has 0 aliphatic heterocycles. The first-order chi connectivity index (χ1) is 10.6. The molecule has 110 valence electrons. The predicted octanol–water partition coefficient (Wildman–Crippen LogP) is 3.62. The van der Waals surface area contributed by atoms with Crippen molar-refractivity contribution in [2.45, 2.75) is 0 Å². The predicted molar refractivity (Wildman–Crippen MR) is 76.9 cm³/mol. The fourth-order valence-electron chi connectivity index (χ4n) is 2.15. The zero-order valence-electron chi connectivity index (χ0n) is 11.1. The van der Waals surface area contributed by atoms with Crippen molar-refractivity contribution in [3.05, 3.63) is 59.9 Å². The van der Waals surface area contributed by atoms with E-state index in [9.17, 15) is 8.78 Å². The molecule has 3 aromatic rings. The molecule has 3 N–H and O–H groups in total. The number of aromatic amines is 1. The molecule has 0 aliphatic carbocycles. The summed E-state index contributed by atoms with van der Waals surface area (Å²) in [5, 5.41) is 12.6. The summed E-state index contributed by atoms with van der Waals surface area (Å²) in [7, 11) is 0. The molecular formula is C14H10F2N6. The van der Waals surface area contributed by atoms with E-state index in [1.807, 2.05) is 0 Å². The lowest BCUT2D eigenvalue weighted by Crippen LogP contribution is -2.25. The maximum Gasteiger partial charge on any atom is 0.184 e. The Balaban J connectivity index is 2.09. The molecule has 0 unspecified atom stereocenters. The Labute approximate surface area is 123 Å². The molecule has 22 heavy (non-hydrogen) atoms. The minimum Gasteiger partial charge on any atom is -0.345 e. The van der Waals surface area contributed by atoms with Crippen molar-refractivity contribution in [2.24, 2.45) is 5.22 Å². The van der Waals surface area contributed by atoms with Gasteiger partial charge in [0, 0.05) is 23.3 Å². The fraction of sp³-hybridized carbons (Fsp3) is 0. The zero-order chi connectivity index (χ0) is 15.7. The number of anilines is 1. The van der Waals surface area contributed by atoms with Gasteiger partial charge < -0.3 is 4.98 Å². The van der Waals surface area contributed by atoms with Crippen LogP contribution in [0, 0.1) is 22.6 Å². The van der Waals surface area contributed by atoms with Gasteiger partial charge in [0.2, 0.25) is 0 Å². The monoisotopic (exact) mass is 300 g/mol. The number of benzene rings is 1. The van der Waals surface area contributed by atoms with E-state index >= 15 is 0 Å². The van der Waals surface area contributed by atoms with Crippen LogP contribution in [-0.4, -0.2) is 15.8 Å². The molecule has 0 bridgehead atoms. The van der Waals surface area contributed by atoms with Gasteiger partial charge in [-0.1, -0.05) is 11.3 Å². The number of fused-ring (bicyclic) bond motifs is 1. The molecule has 3 rings (SSSR count). The summed E-state index contributed by atoms with van der Waals surface area (Å²) < 4.78 is 27.2. The maximum atomic E-state index is 13.9. The standard InChI is InChI=1S/C14H10F2N6/c15-10-4-1-5-11(12(10)16)22(21-18)13(17)9-7-20-14-8(9)3-2-6-19-14/h1-7,17-18H,(H,19,20). The van der Waals surface area contributed by atoms with Gasteiger partial charge in [0.1, 0.15) is 11.3 Å². The lowest BCUT2D eigenvalue weighted by Gasteiger charge is -2.18. The van der Waals surface area contributed by atoms with Crippen molar-refractivity contribution < 1.29 is 8.78 Å². The highest BCUT2D eigenvalue weighted by molar-refractivity contribution is 6.14. The lowest BCUT2D eigenvalue weighted by molar-refractivity contribution is 0.508. The van der Waals surface area contributed by atoms with Gasteiger partial charge in [-0.2, -0.15) is 10.5 Å². The van der Waals surface area contributed by atoms with Gasteiger partial charge in [-0.25, -0.2) is 13.8 Å². The largest absolute Gasteiger partial charge is 0.345 e. The first-order valence-corrected chi connectivity index (χ1v) is 6.26. The third kappa shape index (κ3) is 2.10. The number of pyridine rings is 1. The summed E-state index contributed by atoms with van der Waals surface area (Å²) in [6.45, 7) is 0. The van der Waals surface area contributed by atoms with Crippen LogP contribution >= 0.6 is 0 Å². The molecular weight excluding hydrogens is 290 g/mol. The summed E-state index contributed by atoms with van der Waals surface area (Å²) in [6.07, 6.45) is 3.10. The van der Waals surface area contributed by atoms with Gasteiger partial charge in [0.15, 0.2) is 17.5 Å². The highest BCUT2D eigenvalue weighted by Gasteiger charge is 2.21. The van der Waals surface area contributed by atoms with Crippen LogP contribution in [0.4, 0.5) is 14.5 Å². The summed E-state index contributed by atoms with van der Waals surface area (Å²) in [6, 6.07) is 6.92. The molecule has 0 radical (unpaired) electrons. The molecule has 0 aliphatic rings. The van der Waals surface area contributed by atoms with Crippen molar-refractivity contribution in [1.82, 2.24) is 9.97 Å². The molecule has 0 amide bonds. The highest BCUT2D eigenvalue weighted by Crippen LogP contribution is 2.25. The Morgan fingerprint density at radius 2 is 2.05 bits per heavy atom. The minimum absolute atomic E-state index is 0.265. The Hall–Kier alpha value is -3.16. The van der Waals surface area contributed by atoms with E-state index in [1.54, 1.807) is 18.3 Å². The van der Waals surface area contributed by atoms with Gasteiger partial charge in [-0.15, -0.1) is 0 Å². The first-order valence-electron chi connectivity index (χ1n) is 6.26. The fourth-order valence-corrected chi connectivity index (χ4v) is 2.15. The normalized spacial score (nSPS) is 10.6. The molecule has 0 saturated heterocycles. The van der Waals surface area contributed by atoms with Crippen LogP contribution in [-0.2, 0) is 0 Å². The Bertz CT molecular complexity index is 873. The third-order valence-corrected chi connectivity index (χ3v) is 3.18. The van der Waals surface area contributed by atoms with Crippen molar-refractivity contribution in [3.8, 4) is 0 Å². The maximum absolute atomic E-state index is 13.9.